The van der Waals surface area contributed by atoms with Gasteiger partial charge in [-0.05, 0) is 43.2 Å². The third kappa shape index (κ3) is 4.40. The average molecular weight is 334 g/mol. The van der Waals surface area contributed by atoms with E-state index in [4.69, 9.17) is 4.74 Å². The number of amides is 1. The molecule has 0 aromatic carbocycles. The fourth-order valence-corrected chi connectivity index (χ4v) is 3.91. The summed E-state index contributed by atoms with van der Waals surface area (Å²) in [5.41, 5.74) is 1.20. The Kier molecular flexibility index (Phi) is 6.31. The number of carbonyl (C=O) groups excluding carboxylic acids is 2. The summed E-state index contributed by atoms with van der Waals surface area (Å²) in [6, 6.07) is 3.72. The van der Waals surface area contributed by atoms with E-state index in [9.17, 15) is 14.9 Å². The van der Waals surface area contributed by atoms with E-state index in [1.807, 2.05) is 12.1 Å². The van der Waals surface area contributed by atoms with Crippen LogP contribution in [0.15, 0.2) is 6.07 Å². The lowest BCUT2D eigenvalue weighted by Crippen LogP contribution is -2.35. The summed E-state index contributed by atoms with van der Waals surface area (Å²) in [7, 11) is 1.59. The van der Waals surface area contributed by atoms with Crippen LogP contribution in [0, 0.1) is 23.2 Å². The summed E-state index contributed by atoms with van der Waals surface area (Å²) in [5.74, 6) is -1.55. The number of methoxy groups -OCH3 is 1. The highest BCUT2D eigenvalue weighted by molar-refractivity contribution is 7.14. The largest absolute Gasteiger partial charge is 0.385 e. The minimum Gasteiger partial charge on any atom is -0.385 e. The van der Waals surface area contributed by atoms with Crippen molar-refractivity contribution in [1.82, 2.24) is 5.32 Å². The molecule has 2 atom stereocenters. The number of aryl methyl sites for hydroxylation is 1. The van der Waals surface area contributed by atoms with E-state index in [1.165, 1.54) is 21.8 Å². The minimum atomic E-state index is -1.27. The number of nitrogens with zero attached hydrogens (tertiary/aromatic N) is 1. The Hall–Kier alpha value is -1.71. The van der Waals surface area contributed by atoms with E-state index in [2.05, 4.69) is 12.2 Å². The molecule has 0 unspecified atom stereocenters. The molecule has 1 aliphatic rings. The van der Waals surface area contributed by atoms with Gasteiger partial charge in [-0.25, -0.2) is 0 Å². The molecule has 0 saturated carbocycles. The molecule has 0 spiro atoms. The number of Topliss-reactive ketones (excluding diaryl/α,β-unsaturated/α-hetero) is 1. The molecule has 124 valence electrons. The molecule has 1 aliphatic carbocycles. The lowest BCUT2D eigenvalue weighted by atomic mass is 9.89. The molecule has 1 heterocycles. The van der Waals surface area contributed by atoms with Crippen molar-refractivity contribution in [1.29, 1.82) is 5.26 Å². The molecule has 0 radical (unpaired) electrons. The Balaban J connectivity index is 2.02. The maximum atomic E-state index is 12.5. The highest BCUT2D eigenvalue weighted by Crippen LogP contribution is 2.33. The molecular weight excluding hydrogens is 312 g/mol. The van der Waals surface area contributed by atoms with Gasteiger partial charge in [-0.3, -0.25) is 9.59 Å². The smallest absolute Gasteiger partial charge is 0.245 e. The highest BCUT2D eigenvalue weighted by atomic mass is 32.1. The van der Waals surface area contributed by atoms with Crippen LogP contribution in [0.2, 0.25) is 0 Å². The van der Waals surface area contributed by atoms with Crippen LogP contribution in [0.4, 0.5) is 0 Å². The van der Waals surface area contributed by atoms with Crippen LogP contribution in [-0.4, -0.2) is 32.0 Å². The van der Waals surface area contributed by atoms with E-state index in [-0.39, 0.29) is 5.78 Å². The van der Waals surface area contributed by atoms with E-state index in [0.29, 0.717) is 30.4 Å². The molecule has 0 aliphatic heterocycles. The van der Waals surface area contributed by atoms with Crippen LogP contribution < -0.4 is 5.32 Å². The summed E-state index contributed by atoms with van der Waals surface area (Å²) < 4.78 is 4.90. The molecule has 2 rings (SSSR count). The monoisotopic (exact) mass is 334 g/mol. The number of ether oxygens (including phenoxy) is 1. The Morgan fingerprint density at radius 1 is 1.57 bits per heavy atom. The van der Waals surface area contributed by atoms with Crippen LogP contribution in [0.25, 0.3) is 0 Å². The lowest BCUT2D eigenvalue weighted by molar-refractivity contribution is -0.122. The number of nitrogens with one attached hydrogen (secondary N) is 1. The van der Waals surface area contributed by atoms with Gasteiger partial charge in [-0.2, -0.15) is 5.26 Å². The zero-order valence-corrected chi connectivity index (χ0v) is 14.4. The third-order valence-electron chi connectivity index (χ3n) is 4.05. The van der Waals surface area contributed by atoms with Crippen LogP contribution in [0.1, 0.15) is 39.9 Å². The topological polar surface area (TPSA) is 79.2 Å². The minimum absolute atomic E-state index is 0.385. The van der Waals surface area contributed by atoms with Crippen molar-refractivity contribution in [2.24, 2.45) is 11.8 Å². The summed E-state index contributed by atoms with van der Waals surface area (Å²) in [6.45, 7) is 3.13. The maximum absolute atomic E-state index is 12.5. The molecule has 6 heteroatoms. The summed E-state index contributed by atoms with van der Waals surface area (Å²) >= 11 is 1.44. The predicted octanol–water partition coefficient (Wildman–Crippen LogP) is 2.35. The predicted molar refractivity (Wildman–Crippen MR) is 88.4 cm³/mol. The van der Waals surface area contributed by atoms with Gasteiger partial charge in [0.15, 0.2) is 11.7 Å². The Labute approximate surface area is 140 Å². The molecule has 1 aromatic rings. The van der Waals surface area contributed by atoms with Gasteiger partial charge >= 0.3 is 0 Å². The van der Waals surface area contributed by atoms with E-state index >= 15 is 0 Å². The molecular formula is C17H22N2O3S. The zero-order chi connectivity index (χ0) is 16.8. The van der Waals surface area contributed by atoms with Crippen molar-refractivity contribution in [2.75, 3.05) is 20.3 Å². The first kappa shape index (κ1) is 17.6. The van der Waals surface area contributed by atoms with Gasteiger partial charge in [-0.1, -0.05) is 6.92 Å². The summed E-state index contributed by atoms with van der Waals surface area (Å²) in [5, 5.41) is 11.9. The number of ketones is 1. The standard InChI is InChI=1S/C17H22N2O3S/c1-11-4-5-14-12(8-11)9-15(23-14)16(20)13(10-18)17(21)19-6-3-7-22-2/h9,11,13H,3-8H2,1-2H3,(H,19,21)/t11-,13+/m1/s1. The van der Waals surface area contributed by atoms with Gasteiger partial charge < -0.3 is 10.1 Å². The molecule has 0 saturated heterocycles. The zero-order valence-electron chi connectivity index (χ0n) is 13.6. The first-order valence-corrected chi connectivity index (χ1v) is 8.70. The number of nitriles is 1. The van der Waals surface area contributed by atoms with Crippen molar-refractivity contribution in [3.63, 3.8) is 0 Å². The van der Waals surface area contributed by atoms with E-state index in [0.717, 1.165) is 19.3 Å². The number of hydrogen-bond donors (Lipinski definition) is 1. The molecule has 0 fully saturated rings. The van der Waals surface area contributed by atoms with E-state index < -0.39 is 11.8 Å². The van der Waals surface area contributed by atoms with Gasteiger partial charge in [0.05, 0.1) is 10.9 Å². The fraction of sp³-hybridized carbons (Fsp3) is 0.588. The van der Waals surface area contributed by atoms with Crippen molar-refractivity contribution in [3.05, 3.63) is 21.4 Å². The first-order chi connectivity index (χ1) is 11.1. The first-order valence-electron chi connectivity index (χ1n) is 7.88. The van der Waals surface area contributed by atoms with Crippen molar-refractivity contribution < 1.29 is 14.3 Å². The average Bonchev–Trinajstić information content (AvgIpc) is 2.95. The Morgan fingerprint density at radius 3 is 3.04 bits per heavy atom. The van der Waals surface area contributed by atoms with Crippen LogP contribution >= 0.6 is 11.3 Å². The Bertz CT molecular complexity index is 618. The number of hydrogen-bond acceptors (Lipinski definition) is 5. The number of carbonyl (C=O) groups is 2. The van der Waals surface area contributed by atoms with Gasteiger partial charge in [-0.15, -0.1) is 11.3 Å². The number of thiophene rings is 1. The highest BCUT2D eigenvalue weighted by Gasteiger charge is 2.30. The molecule has 1 aromatic heterocycles. The molecule has 5 nitrogen and oxygen atoms in total. The maximum Gasteiger partial charge on any atom is 0.245 e. The lowest BCUT2D eigenvalue weighted by Gasteiger charge is -2.16. The second-order valence-electron chi connectivity index (χ2n) is 5.97. The number of fused-ring (bicyclic) bond motifs is 1. The quantitative estimate of drug-likeness (QED) is 0.471. The van der Waals surface area contributed by atoms with Crippen molar-refractivity contribution >= 4 is 23.0 Å². The van der Waals surface area contributed by atoms with Gasteiger partial charge in [0.1, 0.15) is 0 Å². The fourth-order valence-electron chi connectivity index (χ4n) is 2.74. The normalized spacial score (nSPS) is 17.9. The molecule has 1 N–H and O–H groups in total. The van der Waals surface area contributed by atoms with Gasteiger partial charge in [0.2, 0.25) is 5.91 Å². The molecule has 0 bridgehead atoms. The molecule has 1 amide bonds. The summed E-state index contributed by atoms with van der Waals surface area (Å²) in [6.07, 6.45) is 3.73. The second-order valence-corrected chi connectivity index (χ2v) is 7.11. The SMILES string of the molecule is COCCCNC(=O)[C@@H](C#N)C(=O)c1cc2c(s1)CC[C@@H](C)C2. The Morgan fingerprint density at radius 2 is 2.35 bits per heavy atom. The summed E-state index contributed by atoms with van der Waals surface area (Å²) in [4.78, 5) is 26.3. The number of rotatable bonds is 7. The second kappa shape index (κ2) is 8.23. The van der Waals surface area contributed by atoms with Crippen LogP contribution in [-0.2, 0) is 22.4 Å². The molecule has 23 heavy (non-hydrogen) atoms. The van der Waals surface area contributed by atoms with Gasteiger partial charge in [0, 0.05) is 25.1 Å². The van der Waals surface area contributed by atoms with E-state index in [1.54, 1.807) is 7.11 Å². The van der Waals surface area contributed by atoms with Crippen molar-refractivity contribution in [3.8, 4) is 6.07 Å². The van der Waals surface area contributed by atoms with Gasteiger partial charge in [0.25, 0.3) is 0 Å². The third-order valence-corrected chi connectivity index (χ3v) is 5.30. The van der Waals surface area contributed by atoms with Crippen LogP contribution in [0.5, 0.6) is 0 Å². The van der Waals surface area contributed by atoms with Crippen molar-refractivity contribution in [2.45, 2.75) is 32.6 Å². The van der Waals surface area contributed by atoms with Crippen LogP contribution in [0.3, 0.4) is 0 Å².